The summed E-state index contributed by atoms with van der Waals surface area (Å²) in [6.07, 6.45) is 7.89. The molecular formula is C9H18N2. The molecule has 0 aliphatic rings. The lowest BCUT2D eigenvalue weighted by molar-refractivity contribution is 0.568. The molecule has 1 atom stereocenters. The van der Waals surface area contributed by atoms with Gasteiger partial charge < -0.3 is 11.1 Å². The van der Waals surface area contributed by atoms with E-state index < -0.39 is 0 Å². The lowest BCUT2D eigenvalue weighted by Crippen LogP contribution is -2.22. The summed E-state index contributed by atoms with van der Waals surface area (Å²) >= 11 is 0. The molecule has 0 saturated heterocycles. The minimum Gasteiger partial charge on any atom is -0.391 e. The predicted octanol–water partition coefficient (Wildman–Crippen LogP) is 1.26. The Morgan fingerprint density at radius 1 is 1.45 bits per heavy atom. The Labute approximate surface area is 69.2 Å². The number of hydrogen-bond acceptors (Lipinski definition) is 2. The fraction of sp³-hybridized carbons (Fsp3) is 0.556. The number of nitrogens with one attached hydrogen (secondary N) is 1. The zero-order valence-electron chi connectivity index (χ0n) is 7.38. The molecule has 0 aliphatic carbocycles. The van der Waals surface area contributed by atoms with Gasteiger partial charge in [-0.2, -0.15) is 0 Å². The van der Waals surface area contributed by atoms with Crippen molar-refractivity contribution in [1.82, 2.24) is 5.32 Å². The highest BCUT2D eigenvalue weighted by molar-refractivity contribution is 4.99. The monoisotopic (exact) mass is 154 g/mol. The third kappa shape index (κ3) is 7.13. The van der Waals surface area contributed by atoms with E-state index in [1.54, 1.807) is 0 Å². The topological polar surface area (TPSA) is 38.0 Å². The molecule has 0 radical (unpaired) electrons. The maximum Gasteiger partial charge on any atom is 0.0179 e. The van der Waals surface area contributed by atoms with E-state index in [1.165, 1.54) is 0 Å². The molecule has 0 spiro atoms. The molecule has 0 amide bonds. The third-order valence-electron chi connectivity index (χ3n) is 1.39. The molecule has 0 aliphatic heterocycles. The van der Waals surface area contributed by atoms with Crippen LogP contribution in [0.1, 0.15) is 13.8 Å². The van der Waals surface area contributed by atoms with E-state index in [0.717, 1.165) is 13.1 Å². The number of rotatable bonds is 5. The molecule has 2 nitrogen and oxygen atoms in total. The first-order chi connectivity index (χ1) is 5.31. The van der Waals surface area contributed by atoms with Crippen LogP contribution >= 0.6 is 0 Å². The van der Waals surface area contributed by atoms with Gasteiger partial charge in [0.2, 0.25) is 0 Å². The molecule has 0 fully saturated rings. The van der Waals surface area contributed by atoms with Gasteiger partial charge in [-0.25, -0.2) is 0 Å². The summed E-state index contributed by atoms with van der Waals surface area (Å²) in [5, 5.41) is 3.16. The quantitative estimate of drug-likeness (QED) is 0.585. The van der Waals surface area contributed by atoms with Gasteiger partial charge in [0.25, 0.3) is 0 Å². The van der Waals surface area contributed by atoms with Crippen LogP contribution in [0.2, 0.25) is 0 Å². The van der Waals surface area contributed by atoms with Crippen molar-refractivity contribution in [1.29, 1.82) is 0 Å². The van der Waals surface area contributed by atoms with Crippen LogP contribution in [0.5, 0.6) is 0 Å². The van der Waals surface area contributed by atoms with E-state index >= 15 is 0 Å². The van der Waals surface area contributed by atoms with Crippen molar-refractivity contribution < 1.29 is 0 Å². The normalized spacial score (nSPS) is 14.5. The van der Waals surface area contributed by atoms with Gasteiger partial charge in [-0.3, -0.25) is 0 Å². The highest BCUT2D eigenvalue weighted by Gasteiger charge is 1.93. The number of nitrogens with two attached hydrogens (primary N) is 1. The van der Waals surface area contributed by atoms with Crippen LogP contribution in [-0.2, 0) is 0 Å². The molecule has 2 heteroatoms. The van der Waals surface area contributed by atoms with Gasteiger partial charge in [0, 0.05) is 6.54 Å². The van der Waals surface area contributed by atoms with Crippen molar-refractivity contribution in [3.05, 3.63) is 24.4 Å². The molecule has 0 aromatic heterocycles. The van der Waals surface area contributed by atoms with Crippen molar-refractivity contribution in [2.45, 2.75) is 13.8 Å². The zero-order chi connectivity index (χ0) is 8.53. The highest BCUT2D eigenvalue weighted by Crippen LogP contribution is 1.86. The molecule has 0 heterocycles. The summed E-state index contributed by atoms with van der Waals surface area (Å²) in [5.74, 6) is 0.547. The Kier molecular flexibility index (Phi) is 6.84. The first-order valence-corrected chi connectivity index (χ1v) is 4.02. The van der Waals surface area contributed by atoms with Crippen molar-refractivity contribution in [2.24, 2.45) is 11.7 Å². The lowest BCUT2D eigenvalue weighted by atomic mass is 10.2. The Morgan fingerprint density at radius 3 is 2.73 bits per heavy atom. The van der Waals surface area contributed by atoms with Crippen molar-refractivity contribution >= 4 is 0 Å². The van der Waals surface area contributed by atoms with Gasteiger partial charge in [-0.15, -0.1) is 0 Å². The van der Waals surface area contributed by atoms with Crippen LogP contribution in [0.4, 0.5) is 0 Å². The maximum absolute atomic E-state index is 5.43. The number of hydrogen-bond donors (Lipinski definition) is 2. The summed E-state index contributed by atoms with van der Waals surface area (Å²) in [6, 6.07) is 0. The fourth-order valence-electron chi connectivity index (χ4n) is 0.587. The second-order valence-corrected chi connectivity index (χ2v) is 2.63. The third-order valence-corrected chi connectivity index (χ3v) is 1.39. The van der Waals surface area contributed by atoms with Gasteiger partial charge in [0.05, 0.1) is 0 Å². The summed E-state index contributed by atoms with van der Waals surface area (Å²) in [7, 11) is 0. The van der Waals surface area contributed by atoms with E-state index in [2.05, 4.69) is 12.2 Å². The molecule has 1 unspecified atom stereocenters. The Hall–Kier alpha value is -0.760. The van der Waals surface area contributed by atoms with Crippen LogP contribution in [0.3, 0.4) is 0 Å². The predicted molar refractivity (Wildman–Crippen MR) is 50.2 cm³/mol. The van der Waals surface area contributed by atoms with Crippen LogP contribution in [0.15, 0.2) is 24.4 Å². The van der Waals surface area contributed by atoms with Crippen LogP contribution in [-0.4, -0.2) is 13.1 Å². The average molecular weight is 154 g/mol. The Morgan fingerprint density at radius 2 is 2.18 bits per heavy atom. The Balaban J connectivity index is 3.26. The van der Waals surface area contributed by atoms with E-state index in [4.69, 9.17) is 5.73 Å². The van der Waals surface area contributed by atoms with E-state index in [0.29, 0.717) is 5.92 Å². The largest absolute Gasteiger partial charge is 0.391 e. The first kappa shape index (κ1) is 10.2. The molecule has 0 saturated carbocycles. The lowest BCUT2D eigenvalue weighted by Gasteiger charge is -2.06. The smallest absolute Gasteiger partial charge is 0.0179 e. The molecule has 0 aromatic carbocycles. The van der Waals surface area contributed by atoms with Gasteiger partial charge >= 0.3 is 0 Å². The minimum atomic E-state index is 0.547. The summed E-state index contributed by atoms with van der Waals surface area (Å²) < 4.78 is 0. The van der Waals surface area contributed by atoms with Crippen LogP contribution < -0.4 is 11.1 Å². The molecular weight excluding hydrogens is 136 g/mol. The zero-order valence-corrected chi connectivity index (χ0v) is 7.38. The van der Waals surface area contributed by atoms with Gasteiger partial charge in [-0.05, 0) is 31.7 Å². The summed E-state index contributed by atoms with van der Waals surface area (Å²) in [5.41, 5.74) is 5.43. The van der Waals surface area contributed by atoms with Gasteiger partial charge in [-0.1, -0.05) is 19.1 Å². The minimum absolute atomic E-state index is 0.547. The summed E-state index contributed by atoms with van der Waals surface area (Å²) in [4.78, 5) is 0. The molecule has 3 N–H and O–H groups in total. The molecule has 0 bridgehead atoms. The van der Waals surface area contributed by atoms with Crippen molar-refractivity contribution in [3.63, 3.8) is 0 Å². The number of allylic oxidation sites excluding steroid dienone is 3. The first-order valence-electron chi connectivity index (χ1n) is 4.02. The SMILES string of the molecule is C/C=C\C=C/NCC(C)CN. The molecule has 0 aromatic rings. The Bertz CT molecular complexity index is 128. The standard InChI is InChI=1S/C9H18N2/c1-3-4-5-6-11-8-9(2)7-10/h3-6,9,11H,7-8,10H2,1-2H3/b4-3-,6-5-. The van der Waals surface area contributed by atoms with Crippen LogP contribution in [0, 0.1) is 5.92 Å². The highest BCUT2D eigenvalue weighted by atomic mass is 14.8. The van der Waals surface area contributed by atoms with E-state index in [9.17, 15) is 0 Å². The second kappa shape index (κ2) is 7.35. The van der Waals surface area contributed by atoms with Gasteiger partial charge in [0.15, 0.2) is 0 Å². The second-order valence-electron chi connectivity index (χ2n) is 2.63. The van der Waals surface area contributed by atoms with E-state index in [-0.39, 0.29) is 0 Å². The molecule has 11 heavy (non-hydrogen) atoms. The fourth-order valence-corrected chi connectivity index (χ4v) is 0.587. The maximum atomic E-state index is 5.43. The average Bonchev–Trinajstić information content (AvgIpc) is 2.04. The molecule has 64 valence electrons. The molecule has 0 rings (SSSR count). The van der Waals surface area contributed by atoms with Crippen molar-refractivity contribution in [3.8, 4) is 0 Å². The van der Waals surface area contributed by atoms with E-state index in [1.807, 2.05) is 31.4 Å². The van der Waals surface area contributed by atoms with Crippen LogP contribution in [0.25, 0.3) is 0 Å². The summed E-state index contributed by atoms with van der Waals surface area (Å²) in [6.45, 7) is 5.80. The van der Waals surface area contributed by atoms with Crippen molar-refractivity contribution in [2.75, 3.05) is 13.1 Å². The van der Waals surface area contributed by atoms with Gasteiger partial charge in [0.1, 0.15) is 0 Å².